The first-order valence-corrected chi connectivity index (χ1v) is 4.54. The molecule has 2 nitrogen and oxygen atoms in total. The van der Waals surface area contributed by atoms with Crippen LogP contribution < -0.4 is 5.32 Å². The van der Waals surface area contributed by atoms with Gasteiger partial charge < -0.3 is 5.32 Å². The molecule has 1 aliphatic rings. The number of rotatable bonds is 3. The van der Waals surface area contributed by atoms with Gasteiger partial charge in [0.15, 0.2) is 0 Å². The zero-order valence-corrected chi connectivity index (χ0v) is 6.97. The molecule has 0 saturated heterocycles. The molecule has 0 spiro atoms. The van der Waals surface area contributed by atoms with Crippen molar-refractivity contribution in [2.45, 2.75) is 44.6 Å². The van der Waals surface area contributed by atoms with Crippen molar-refractivity contribution in [3.05, 3.63) is 0 Å². The van der Waals surface area contributed by atoms with Crippen LogP contribution in [0.1, 0.15) is 38.5 Å². The topological polar surface area (TPSA) is 35.8 Å². The van der Waals surface area contributed by atoms with Crippen LogP contribution >= 0.6 is 0 Å². The lowest BCUT2D eigenvalue weighted by Crippen LogP contribution is -2.31. The molecule has 0 heterocycles. The Bertz CT molecular complexity index is 131. The summed E-state index contributed by atoms with van der Waals surface area (Å²) in [5, 5.41) is 11.7. The van der Waals surface area contributed by atoms with Crippen molar-refractivity contribution in [3.63, 3.8) is 0 Å². The van der Waals surface area contributed by atoms with Gasteiger partial charge in [0.05, 0.1) is 6.07 Å². The minimum absolute atomic E-state index is 0.649. The van der Waals surface area contributed by atoms with Gasteiger partial charge >= 0.3 is 0 Å². The van der Waals surface area contributed by atoms with E-state index in [2.05, 4.69) is 11.4 Å². The SMILES string of the molecule is N#CCCNC1CCCCC1. The lowest BCUT2D eigenvalue weighted by Gasteiger charge is -2.22. The molecule has 1 fully saturated rings. The fourth-order valence-electron chi connectivity index (χ4n) is 1.64. The van der Waals surface area contributed by atoms with Crippen molar-refractivity contribution in [1.29, 1.82) is 5.26 Å². The Labute approximate surface area is 68.6 Å². The Kier molecular flexibility index (Phi) is 4.00. The van der Waals surface area contributed by atoms with E-state index in [1.165, 1.54) is 32.1 Å². The van der Waals surface area contributed by atoms with Gasteiger partial charge in [0.2, 0.25) is 0 Å². The van der Waals surface area contributed by atoms with E-state index in [1.54, 1.807) is 0 Å². The summed E-state index contributed by atoms with van der Waals surface area (Å²) in [5.74, 6) is 0. The molecular weight excluding hydrogens is 136 g/mol. The molecule has 2 heteroatoms. The summed E-state index contributed by atoms with van der Waals surface area (Å²) in [5.41, 5.74) is 0. The maximum Gasteiger partial charge on any atom is 0.0635 e. The van der Waals surface area contributed by atoms with Gasteiger partial charge in [-0.1, -0.05) is 19.3 Å². The molecule has 0 unspecified atom stereocenters. The fourth-order valence-corrected chi connectivity index (χ4v) is 1.64. The Hall–Kier alpha value is -0.550. The zero-order chi connectivity index (χ0) is 7.94. The molecule has 11 heavy (non-hydrogen) atoms. The fraction of sp³-hybridized carbons (Fsp3) is 0.889. The van der Waals surface area contributed by atoms with Gasteiger partial charge in [0.25, 0.3) is 0 Å². The van der Waals surface area contributed by atoms with E-state index in [0.717, 1.165) is 6.54 Å². The quantitative estimate of drug-likeness (QED) is 0.626. The van der Waals surface area contributed by atoms with E-state index >= 15 is 0 Å². The lowest BCUT2D eigenvalue weighted by molar-refractivity contribution is 0.377. The molecular formula is C9H16N2. The van der Waals surface area contributed by atoms with Crippen molar-refractivity contribution < 1.29 is 0 Å². The molecule has 1 aliphatic carbocycles. The maximum absolute atomic E-state index is 8.31. The number of hydrogen-bond donors (Lipinski definition) is 1. The molecule has 62 valence electrons. The summed E-state index contributed by atoms with van der Waals surface area (Å²) in [6.07, 6.45) is 7.40. The molecule has 0 aromatic carbocycles. The van der Waals surface area contributed by atoms with Crippen molar-refractivity contribution >= 4 is 0 Å². The predicted molar refractivity (Wildman–Crippen MR) is 45.1 cm³/mol. The second-order valence-electron chi connectivity index (χ2n) is 3.20. The van der Waals surface area contributed by atoms with Crippen molar-refractivity contribution in [2.75, 3.05) is 6.54 Å². The second kappa shape index (κ2) is 5.15. The largest absolute Gasteiger partial charge is 0.313 e. The highest BCUT2D eigenvalue weighted by Gasteiger charge is 2.11. The van der Waals surface area contributed by atoms with Crippen LogP contribution in [0.15, 0.2) is 0 Å². The van der Waals surface area contributed by atoms with Gasteiger partial charge in [-0.25, -0.2) is 0 Å². The molecule has 0 radical (unpaired) electrons. The molecule has 0 bridgehead atoms. The monoisotopic (exact) mass is 152 g/mol. The number of nitrogens with zero attached hydrogens (tertiary/aromatic N) is 1. The number of hydrogen-bond acceptors (Lipinski definition) is 2. The Balaban J connectivity index is 2.01. The van der Waals surface area contributed by atoms with Crippen LogP contribution in [0, 0.1) is 11.3 Å². The third-order valence-corrected chi connectivity index (χ3v) is 2.27. The molecule has 1 rings (SSSR count). The van der Waals surface area contributed by atoms with Crippen molar-refractivity contribution in [1.82, 2.24) is 5.32 Å². The average molecular weight is 152 g/mol. The molecule has 1 saturated carbocycles. The van der Waals surface area contributed by atoms with Gasteiger partial charge in [-0.3, -0.25) is 0 Å². The zero-order valence-electron chi connectivity index (χ0n) is 6.97. The highest BCUT2D eigenvalue weighted by Crippen LogP contribution is 2.16. The lowest BCUT2D eigenvalue weighted by atomic mass is 9.95. The highest BCUT2D eigenvalue weighted by atomic mass is 14.9. The van der Waals surface area contributed by atoms with E-state index in [9.17, 15) is 0 Å². The molecule has 1 N–H and O–H groups in total. The summed E-state index contributed by atoms with van der Waals surface area (Å²) >= 11 is 0. The van der Waals surface area contributed by atoms with Crippen LogP contribution in [0.2, 0.25) is 0 Å². The summed E-state index contributed by atoms with van der Waals surface area (Å²) in [6, 6.07) is 2.85. The van der Waals surface area contributed by atoms with E-state index in [4.69, 9.17) is 5.26 Å². The summed E-state index contributed by atoms with van der Waals surface area (Å²) in [7, 11) is 0. The van der Waals surface area contributed by atoms with Crippen LogP contribution in [0.25, 0.3) is 0 Å². The average Bonchev–Trinajstić information content (AvgIpc) is 2.07. The standard InChI is InChI=1S/C9H16N2/c10-7-4-8-11-9-5-2-1-3-6-9/h9,11H,1-6,8H2. The van der Waals surface area contributed by atoms with Crippen LogP contribution in [0.3, 0.4) is 0 Å². The summed E-state index contributed by atoms with van der Waals surface area (Å²) < 4.78 is 0. The Morgan fingerprint density at radius 2 is 2.00 bits per heavy atom. The first-order valence-electron chi connectivity index (χ1n) is 4.54. The molecule has 0 amide bonds. The second-order valence-corrected chi connectivity index (χ2v) is 3.20. The number of nitriles is 1. The Morgan fingerprint density at radius 3 is 2.64 bits per heavy atom. The first-order chi connectivity index (χ1) is 5.43. The van der Waals surface area contributed by atoms with E-state index < -0.39 is 0 Å². The van der Waals surface area contributed by atoms with Gasteiger partial charge in [0.1, 0.15) is 0 Å². The third kappa shape index (κ3) is 3.38. The minimum atomic E-state index is 0.649. The summed E-state index contributed by atoms with van der Waals surface area (Å²) in [6.45, 7) is 0.876. The van der Waals surface area contributed by atoms with Crippen LogP contribution in [-0.4, -0.2) is 12.6 Å². The minimum Gasteiger partial charge on any atom is -0.313 e. The molecule has 0 aromatic heterocycles. The van der Waals surface area contributed by atoms with Gasteiger partial charge in [-0.05, 0) is 12.8 Å². The highest BCUT2D eigenvalue weighted by molar-refractivity contribution is 4.75. The molecule has 0 atom stereocenters. The van der Waals surface area contributed by atoms with Crippen molar-refractivity contribution in [3.8, 4) is 6.07 Å². The van der Waals surface area contributed by atoms with Crippen LogP contribution in [-0.2, 0) is 0 Å². The maximum atomic E-state index is 8.31. The molecule has 0 aromatic rings. The summed E-state index contributed by atoms with van der Waals surface area (Å²) in [4.78, 5) is 0. The molecule has 0 aliphatic heterocycles. The van der Waals surface area contributed by atoms with E-state index in [1.807, 2.05) is 0 Å². The van der Waals surface area contributed by atoms with Gasteiger partial charge in [-0.15, -0.1) is 0 Å². The Morgan fingerprint density at radius 1 is 1.27 bits per heavy atom. The normalized spacial score (nSPS) is 19.5. The van der Waals surface area contributed by atoms with Crippen LogP contribution in [0.4, 0.5) is 0 Å². The van der Waals surface area contributed by atoms with Crippen LogP contribution in [0.5, 0.6) is 0 Å². The van der Waals surface area contributed by atoms with Crippen molar-refractivity contribution in [2.24, 2.45) is 0 Å². The predicted octanol–water partition coefficient (Wildman–Crippen LogP) is 1.82. The van der Waals surface area contributed by atoms with E-state index in [-0.39, 0.29) is 0 Å². The van der Waals surface area contributed by atoms with Gasteiger partial charge in [0, 0.05) is 19.0 Å². The van der Waals surface area contributed by atoms with E-state index in [0.29, 0.717) is 12.5 Å². The number of nitrogens with one attached hydrogen (secondary N) is 1. The van der Waals surface area contributed by atoms with Gasteiger partial charge in [-0.2, -0.15) is 5.26 Å². The smallest absolute Gasteiger partial charge is 0.0635 e. The first kappa shape index (κ1) is 8.55. The third-order valence-electron chi connectivity index (χ3n) is 2.27.